The third kappa shape index (κ3) is 4.60. The van der Waals surface area contributed by atoms with Gasteiger partial charge in [-0.1, -0.05) is 48.5 Å². The van der Waals surface area contributed by atoms with Crippen molar-refractivity contribution in [3.05, 3.63) is 77.9 Å². The van der Waals surface area contributed by atoms with E-state index in [1.165, 1.54) is 17.7 Å². The predicted octanol–water partition coefficient (Wildman–Crippen LogP) is 4.72. The van der Waals surface area contributed by atoms with Crippen molar-refractivity contribution >= 4 is 28.2 Å². The molecule has 0 aliphatic heterocycles. The number of nitrogens with one attached hydrogen (secondary N) is 2. The first-order valence-corrected chi connectivity index (χ1v) is 9.10. The minimum absolute atomic E-state index is 0.0257. The van der Waals surface area contributed by atoms with Crippen LogP contribution in [0.15, 0.2) is 66.7 Å². The highest BCUT2D eigenvalue weighted by molar-refractivity contribution is 5.98. The van der Waals surface area contributed by atoms with Gasteiger partial charge in [0.1, 0.15) is 0 Å². The molecule has 2 atom stereocenters. The third-order valence-electron chi connectivity index (χ3n) is 4.70. The Morgan fingerprint density at radius 2 is 1.59 bits per heavy atom. The van der Waals surface area contributed by atoms with Gasteiger partial charge in [0.25, 0.3) is 0 Å². The van der Waals surface area contributed by atoms with E-state index in [1.807, 2.05) is 26.0 Å². The molecule has 0 aromatic heterocycles. The molecule has 1 amide bonds. The Kier molecular flexibility index (Phi) is 5.67. The highest BCUT2D eigenvalue weighted by Crippen LogP contribution is 2.21. The molecule has 0 unspecified atom stereocenters. The Hall–Kier alpha value is -2.98. The van der Waals surface area contributed by atoms with E-state index in [4.69, 9.17) is 0 Å². The molecule has 4 heteroatoms. The monoisotopic (exact) mass is 360 g/mol. The van der Waals surface area contributed by atoms with E-state index in [0.29, 0.717) is 11.3 Å². The number of hydrogen-bond donors (Lipinski definition) is 2. The molecule has 4 nitrogen and oxygen atoms in total. The fourth-order valence-electron chi connectivity index (χ4n) is 3.09. The molecule has 27 heavy (non-hydrogen) atoms. The number of carbonyl (C=O) groups excluding carboxylic acids is 2. The lowest BCUT2D eigenvalue weighted by atomic mass is 10.0. The van der Waals surface area contributed by atoms with Crippen molar-refractivity contribution < 1.29 is 9.59 Å². The van der Waals surface area contributed by atoms with E-state index < -0.39 is 0 Å². The smallest absolute Gasteiger partial charge is 0.241 e. The molecule has 0 bridgehead atoms. The van der Waals surface area contributed by atoms with E-state index in [0.717, 1.165) is 5.56 Å². The maximum Gasteiger partial charge on any atom is 0.241 e. The van der Waals surface area contributed by atoms with E-state index in [1.54, 1.807) is 24.3 Å². The van der Waals surface area contributed by atoms with Crippen LogP contribution in [0.1, 0.15) is 42.7 Å². The van der Waals surface area contributed by atoms with Crippen LogP contribution in [0.4, 0.5) is 5.69 Å². The zero-order chi connectivity index (χ0) is 19.4. The number of fused-ring (bicyclic) bond motifs is 1. The van der Waals surface area contributed by atoms with Crippen LogP contribution < -0.4 is 10.6 Å². The Bertz CT molecular complexity index is 981. The molecule has 3 aromatic rings. The highest BCUT2D eigenvalue weighted by atomic mass is 16.2. The molecule has 0 spiro atoms. The lowest BCUT2D eigenvalue weighted by molar-refractivity contribution is -0.117. The van der Waals surface area contributed by atoms with E-state index in [-0.39, 0.29) is 23.8 Å². The fourth-order valence-corrected chi connectivity index (χ4v) is 3.09. The summed E-state index contributed by atoms with van der Waals surface area (Å²) in [7, 11) is 0. The number of amides is 1. The Morgan fingerprint density at radius 3 is 2.33 bits per heavy atom. The van der Waals surface area contributed by atoms with Crippen LogP contribution in [0.2, 0.25) is 0 Å². The molecule has 0 radical (unpaired) electrons. The van der Waals surface area contributed by atoms with Crippen molar-refractivity contribution in [3.63, 3.8) is 0 Å². The van der Waals surface area contributed by atoms with Crippen molar-refractivity contribution in [2.24, 2.45) is 0 Å². The molecule has 138 valence electrons. The lowest BCUT2D eigenvalue weighted by Crippen LogP contribution is -2.39. The molecule has 0 aliphatic carbocycles. The van der Waals surface area contributed by atoms with Crippen molar-refractivity contribution in [1.29, 1.82) is 0 Å². The largest absolute Gasteiger partial charge is 0.325 e. The number of benzene rings is 3. The summed E-state index contributed by atoms with van der Waals surface area (Å²) < 4.78 is 0. The van der Waals surface area contributed by atoms with E-state index in [9.17, 15) is 9.59 Å². The maximum absolute atomic E-state index is 12.5. The van der Waals surface area contributed by atoms with Crippen molar-refractivity contribution in [1.82, 2.24) is 5.32 Å². The van der Waals surface area contributed by atoms with Gasteiger partial charge in [-0.15, -0.1) is 0 Å². The van der Waals surface area contributed by atoms with E-state index in [2.05, 4.69) is 41.0 Å². The predicted molar refractivity (Wildman–Crippen MR) is 110 cm³/mol. The SMILES string of the molecule is CC(=O)c1cccc(NC(=O)[C@H](C)N[C@H](C)c2ccc3ccccc3c2)c1. The van der Waals surface area contributed by atoms with Crippen molar-refractivity contribution in [2.45, 2.75) is 32.9 Å². The second kappa shape index (κ2) is 8.14. The molecule has 0 fully saturated rings. The van der Waals surface area contributed by atoms with Gasteiger partial charge in [0.05, 0.1) is 6.04 Å². The van der Waals surface area contributed by atoms with Gasteiger partial charge in [-0.05, 0) is 55.3 Å². The molecule has 0 saturated carbocycles. The van der Waals surface area contributed by atoms with Crippen LogP contribution in [0.5, 0.6) is 0 Å². The summed E-state index contributed by atoms with van der Waals surface area (Å²) in [5, 5.41) is 8.59. The summed E-state index contributed by atoms with van der Waals surface area (Å²) in [6.45, 7) is 5.39. The summed E-state index contributed by atoms with van der Waals surface area (Å²) in [5.74, 6) is -0.162. The molecular formula is C23H24N2O2. The number of carbonyl (C=O) groups is 2. The standard InChI is InChI=1S/C23H24N2O2/c1-15(19-12-11-18-7-4-5-8-21(18)13-19)24-16(2)23(27)25-22-10-6-9-20(14-22)17(3)26/h4-16,24H,1-3H3,(H,25,27)/t15-,16+/m1/s1. The lowest BCUT2D eigenvalue weighted by Gasteiger charge is -2.20. The summed E-state index contributed by atoms with van der Waals surface area (Å²) in [6.07, 6.45) is 0. The fraction of sp³-hybridized carbons (Fsp3) is 0.217. The van der Waals surface area contributed by atoms with Crippen LogP contribution in [0.25, 0.3) is 10.8 Å². The Morgan fingerprint density at radius 1 is 0.852 bits per heavy atom. The number of ketones is 1. The quantitative estimate of drug-likeness (QED) is 0.625. The van der Waals surface area contributed by atoms with Gasteiger partial charge in [-0.3, -0.25) is 14.9 Å². The second-order valence-electron chi connectivity index (χ2n) is 6.84. The molecule has 0 aliphatic rings. The van der Waals surface area contributed by atoms with Crippen molar-refractivity contribution in [3.8, 4) is 0 Å². The van der Waals surface area contributed by atoms with Crippen LogP contribution in [0.3, 0.4) is 0 Å². The topological polar surface area (TPSA) is 58.2 Å². The normalized spacial score (nSPS) is 13.1. The molecule has 0 heterocycles. The number of hydrogen-bond acceptors (Lipinski definition) is 3. The van der Waals surface area contributed by atoms with Crippen molar-refractivity contribution in [2.75, 3.05) is 5.32 Å². The van der Waals surface area contributed by atoms with Gasteiger partial charge in [-0.25, -0.2) is 0 Å². The first-order valence-electron chi connectivity index (χ1n) is 9.10. The number of Topliss-reactive ketones (excluding diaryl/α,β-unsaturated/α-hetero) is 1. The molecular weight excluding hydrogens is 336 g/mol. The average molecular weight is 360 g/mol. The van der Waals surface area contributed by atoms with Gasteiger partial charge in [0.15, 0.2) is 5.78 Å². The zero-order valence-electron chi connectivity index (χ0n) is 15.8. The van der Waals surface area contributed by atoms with Gasteiger partial charge in [-0.2, -0.15) is 0 Å². The van der Waals surface area contributed by atoms with E-state index >= 15 is 0 Å². The summed E-state index contributed by atoms with van der Waals surface area (Å²) in [6, 6.07) is 21.2. The molecule has 0 saturated heterocycles. The first kappa shape index (κ1) is 18.8. The van der Waals surface area contributed by atoms with Crippen LogP contribution >= 0.6 is 0 Å². The minimum Gasteiger partial charge on any atom is -0.325 e. The van der Waals surface area contributed by atoms with Gasteiger partial charge in [0, 0.05) is 17.3 Å². The highest BCUT2D eigenvalue weighted by Gasteiger charge is 2.17. The Labute approximate surface area is 159 Å². The summed E-state index contributed by atoms with van der Waals surface area (Å²) in [5.41, 5.74) is 2.34. The number of rotatable bonds is 6. The van der Waals surface area contributed by atoms with Crippen LogP contribution in [0, 0.1) is 0 Å². The van der Waals surface area contributed by atoms with Gasteiger partial charge >= 0.3 is 0 Å². The summed E-state index contributed by atoms with van der Waals surface area (Å²) >= 11 is 0. The summed E-state index contributed by atoms with van der Waals surface area (Å²) in [4.78, 5) is 24.0. The zero-order valence-corrected chi connectivity index (χ0v) is 15.8. The first-order chi connectivity index (χ1) is 12.9. The number of anilines is 1. The molecule has 3 rings (SSSR count). The van der Waals surface area contributed by atoms with Gasteiger partial charge < -0.3 is 5.32 Å². The maximum atomic E-state index is 12.5. The van der Waals surface area contributed by atoms with Gasteiger partial charge in [0.2, 0.25) is 5.91 Å². The molecule has 3 aromatic carbocycles. The molecule has 2 N–H and O–H groups in total. The minimum atomic E-state index is -0.382. The second-order valence-corrected chi connectivity index (χ2v) is 6.84. The van der Waals surface area contributed by atoms with Crippen LogP contribution in [-0.4, -0.2) is 17.7 Å². The third-order valence-corrected chi connectivity index (χ3v) is 4.70. The average Bonchev–Trinajstić information content (AvgIpc) is 2.67. The Balaban J connectivity index is 1.66. The van der Waals surface area contributed by atoms with Crippen LogP contribution in [-0.2, 0) is 4.79 Å².